The van der Waals surface area contributed by atoms with Crippen LogP contribution in [-0.2, 0) is 4.79 Å². The molecule has 3 nitrogen and oxygen atoms in total. The van der Waals surface area contributed by atoms with E-state index in [0.29, 0.717) is 18.0 Å². The van der Waals surface area contributed by atoms with E-state index < -0.39 is 11.6 Å². The predicted molar refractivity (Wildman–Crippen MR) is 83.1 cm³/mol. The van der Waals surface area contributed by atoms with Gasteiger partial charge in [-0.3, -0.25) is 4.79 Å². The van der Waals surface area contributed by atoms with Gasteiger partial charge in [-0.2, -0.15) is 0 Å². The average Bonchev–Trinajstić information content (AvgIpc) is 3.27. The summed E-state index contributed by atoms with van der Waals surface area (Å²) in [7, 11) is 1.91. The van der Waals surface area contributed by atoms with Crippen LogP contribution in [0.4, 0.5) is 8.78 Å². The molecule has 0 bridgehead atoms. The highest BCUT2D eigenvalue weighted by atomic mass is 35.5. The Bertz CT molecular complexity index is 555. The molecule has 0 aromatic heterocycles. The Labute approximate surface area is 135 Å². The topological polar surface area (TPSA) is 32.3 Å². The summed E-state index contributed by atoms with van der Waals surface area (Å²) in [6.45, 7) is 1.51. The summed E-state index contributed by atoms with van der Waals surface area (Å²) in [5.41, 5.74) is 0.469. The van der Waals surface area contributed by atoms with Crippen molar-refractivity contribution < 1.29 is 13.6 Å². The van der Waals surface area contributed by atoms with Crippen LogP contribution in [0.1, 0.15) is 30.7 Å². The first-order valence-electron chi connectivity index (χ1n) is 7.51. The summed E-state index contributed by atoms with van der Waals surface area (Å²) in [5.74, 6) is -1.23. The second kappa shape index (κ2) is 6.92. The lowest BCUT2D eigenvalue weighted by Crippen LogP contribution is -2.47. The lowest BCUT2D eigenvalue weighted by Gasteiger charge is -2.32. The SMILES string of the molecule is CNC1CCCN(C(=O)C2CC2c2ccc(F)cc2F)C1.Cl. The quantitative estimate of drug-likeness (QED) is 0.924. The van der Waals surface area contributed by atoms with Crippen LogP contribution in [0, 0.1) is 17.6 Å². The molecule has 122 valence electrons. The van der Waals surface area contributed by atoms with Crippen LogP contribution < -0.4 is 5.32 Å². The Kier molecular flexibility index (Phi) is 5.40. The molecule has 1 aliphatic carbocycles. The second-order valence-electron chi connectivity index (χ2n) is 6.03. The summed E-state index contributed by atoms with van der Waals surface area (Å²) in [4.78, 5) is 14.4. The molecule has 1 saturated heterocycles. The van der Waals surface area contributed by atoms with Crippen LogP contribution in [-0.4, -0.2) is 37.0 Å². The number of hydrogen-bond acceptors (Lipinski definition) is 2. The first-order valence-corrected chi connectivity index (χ1v) is 7.51. The first kappa shape index (κ1) is 17.2. The van der Waals surface area contributed by atoms with Gasteiger partial charge in [0.15, 0.2) is 0 Å². The number of piperidine rings is 1. The van der Waals surface area contributed by atoms with Gasteiger partial charge >= 0.3 is 0 Å². The zero-order chi connectivity index (χ0) is 15.0. The van der Waals surface area contributed by atoms with Gasteiger partial charge in [0, 0.05) is 31.1 Å². The number of rotatable bonds is 3. The summed E-state index contributed by atoms with van der Waals surface area (Å²) < 4.78 is 26.7. The number of nitrogens with zero attached hydrogens (tertiary/aromatic N) is 1. The zero-order valence-electron chi connectivity index (χ0n) is 12.5. The van der Waals surface area contributed by atoms with Crippen LogP contribution in [0.3, 0.4) is 0 Å². The molecule has 3 unspecified atom stereocenters. The number of carbonyl (C=O) groups excluding carboxylic acids is 1. The van der Waals surface area contributed by atoms with E-state index >= 15 is 0 Å². The highest BCUT2D eigenvalue weighted by Crippen LogP contribution is 2.49. The van der Waals surface area contributed by atoms with Gasteiger partial charge in [-0.05, 0) is 43.9 Å². The van der Waals surface area contributed by atoms with Crippen LogP contribution in [0.25, 0.3) is 0 Å². The monoisotopic (exact) mass is 330 g/mol. The smallest absolute Gasteiger partial charge is 0.226 e. The van der Waals surface area contributed by atoms with E-state index in [-0.39, 0.29) is 30.2 Å². The van der Waals surface area contributed by atoms with Gasteiger partial charge in [-0.15, -0.1) is 12.4 Å². The minimum Gasteiger partial charge on any atom is -0.341 e. The van der Waals surface area contributed by atoms with Crippen molar-refractivity contribution in [2.45, 2.75) is 31.2 Å². The van der Waals surface area contributed by atoms with Gasteiger partial charge in [-0.1, -0.05) is 6.07 Å². The third-order valence-corrected chi connectivity index (χ3v) is 4.61. The van der Waals surface area contributed by atoms with Crippen molar-refractivity contribution in [3.05, 3.63) is 35.4 Å². The highest BCUT2D eigenvalue weighted by Gasteiger charge is 2.47. The number of carbonyl (C=O) groups is 1. The second-order valence-corrected chi connectivity index (χ2v) is 6.03. The molecule has 1 N–H and O–H groups in total. The third-order valence-electron chi connectivity index (χ3n) is 4.61. The van der Waals surface area contributed by atoms with Crippen LogP contribution in [0.5, 0.6) is 0 Å². The largest absolute Gasteiger partial charge is 0.341 e. The molecule has 2 aliphatic rings. The zero-order valence-corrected chi connectivity index (χ0v) is 13.3. The maximum absolute atomic E-state index is 13.8. The minimum absolute atomic E-state index is 0. The standard InChI is InChI=1S/C16H20F2N2O.ClH/c1-19-11-3-2-6-20(9-11)16(21)14-8-13(14)12-5-4-10(17)7-15(12)18;/h4-5,7,11,13-14,19H,2-3,6,8-9H2,1H3;1H. The Hall–Kier alpha value is -1.20. The van der Waals surface area contributed by atoms with Gasteiger partial charge in [0.2, 0.25) is 5.91 Å². The summed E-state index contributed by atoms with van der Waals surface area (Å²) in [6.07, 6.45) is 2.75. The van der Waals surface area contributed by atoms with Crippen LogP contribution >= 0.6 is 12.4 Å². The predicted octanol–water partition coefficient (Wildman–Crippen LogP) is 2.70. The molecule has 1 aromatic rings. The minimum atomic E-state index is -0.576. The van der Waals surface area contributed by atoms with Gasteiger partial charge in [-0.25, -0.2) is 8.78 Å². The lowest BCUT2D eigenvalue weighted by atomic mass is 10.0. The van der Waals surface area contributed by atoms with Crippen molar-refractivity contribution >= 4 is 18.3 Å². The maximum atomic E-state index is 13.8. The Morgan fingerprint density at radius 2 is 2.14 bits per heavy atom. The van der Waals surface area contributed by atoms with Crippen molar-refractivity contribution in [3.8, 4) is 0 Å². The van der Waals surface area contributed by atoms with Gasteiger partial charge in [0.25, 0.3) is 0 Å². The van der Waals surface area contributed by atoms with Crippen molar-refractivity contribution in [1.82, 2.24) is 10.2 Å². The van der Waals surface area contributed by atoms with Gasteiger partial charge in [0.1, 0.15) is 11.6 Å². The molecule has 3 atom stereocenters. The van der Waals surface area contributed by atoms with E-state index in [9.17, 15) is 13.6 Å². The first-order chi connectivity index (χ1) is 10.1. The Morgan fingerprint density at radius 1 is 1.36 bits per heavy atom. The fourth-order valence-corrected chi connectivity index (χ4v) is 3.26. The Balaban J connectivity index is 0.00000176. The van der Waals surface area contributed by atoms with E-state index in [1.807, 2.05) is 11.9 Å². The Morgan fingerprint density at radius 3 is 2.82 bits per heavy atom. The summed E-state index contributed by atoms with van der Waals surface area (Å²) in [6, 6.07) is 3.97. The molecule has 1 heterocycles. The highest BCUT2D eigenvalue weighted by molar-refractivity contribution is 5.85. The molecular formula is C16H21ClF2N2O. The summed E-state index contributed by atoms with van der Waals surface area (Å²) in [5, 5.41) is 3.21. The molecule has 1 aromatic carbocycles. The maximum Gasteiger partial charge on any atom is 0.226 e. The van der Waals surface area contributed by atoms with E-state index in [2.05, 4.69) is 5.32 Å². The van der Waals surface area contributed by atoms with Crippen molar-refractivity contribution in [3.63, 3.8) is 0 Å². The number of likely N-dealkylation sites (tertiary alicyclic amines) is 1. The number of nitrogens with one attached hydrogen (secondary N) is 1. The van der Waals surface area contributed by atoms with E-state index in [4.69, 9.17) is 0 Å². The van der Waals surface area contributed by atoms with Crippen molar-refractivity contribution in [2.24, 2.45) is 5.92 Å². The van der Waals surface area contributed by atoms with Gasteiger partial charge in [0.05, 0.1) is 0 Å². The molecule has 0 spiro atoms. The lowest BCUT2D eigenvalue weighted by molar-refractivity contribution is -0.134. The fourth-order valence-electron chi connectivity index (χ4n) is 3.26. The van der Waals surface area contributed by atoms with Crippen LogP contribution in [0.2, 0.25) is 0 Å². The van der Waals surface area contributed by atoms with Crippen LogP contribution in [0.15, 0.2) is 18.2 Å². The summed E-state index contributed by atoms with van der Waals surface area (Å²) >= 11 is 0. The average molecular weight is 331 g/mol. The molecule has 1 aliphatic heterocycles. The molecular weight excluding hydrogens is 310 g/mol. The van der Waals surface area contributed by atoms with Crippen molar-refractivity contribution in [1.29, 1.82) is 0 Å². The van der Waals surface area contributed by atoms with E-state index in [0.717, 1.165) is 32.0 Å². The number of likely N-dealkylation sites (N-methyl/N-ethyl adjacent to an activating group) is 1. The fraction of sp³-hybridized carbons (Fsp3) is 0.562. The molecule has 3 rings (SSSR count). The van der Waals surface area contributed by atoms with E-state index in [1.54, 1.807) is 0 Å². The van der Waals surface area contributed by atoms with E-state index in [1.165, 1.54) is 12.1 Å². The molecule has 2 fully saturated rings. The number of halogens is 3. The number of hydrogen-bond donors (Lipinski definition) is 1. The molecule has 0 radical (unpaired) electrons. The third kappa shape index (κ3) is 3.41. The molecule has 6 heteroatoms. The molecule has 1 amide bonds. The van der Waals surface area contributed by atoms with Crippen molar-refractivity contribution in [2.75, 3.05) is 20.1 Å². The number of benzene rings is 1. The molecule has 22 heavy (non-hydrogen) atoms. The molecule has 1 saturated carbocycles. The normalized spacial score (nSPS) is 27.2. The van der Waals surface area contributed by atoms with Gasteiger partial charge < -0.3 is 10.2 Å². The number of amides is 1.